The maximum Gasteiger partial charge on any atom is 0.328 e. The van der Waals surface area contributed by atoms with Gasteiger partial charge in [-0.3, -0.25) is 0 Å². The zero-order valence-electron chi connectivity index (χ0n) is 14.0. The van der Waals surface area contributed by atoms with Gasteiger partial charge in [-0.15, -0.1) is 0 Å². The van der Waals surface area contributed by atoms with E-state index in [2.05, 4.69) is 19.1 Å². The molecule has 0 aliphatic carbocycles. The minimum absolute atomic E-state index is 0.942. The highest BCUT2D eigenvalue weighted by atomic mass is 16.4. The Bertz CT molecular complexity index is 486. The first kappa shape index (κ1) is 20.6. The zero-order chi connectivity index (χ0) is 17.0. The average Bonchev–Trinajstić information content (AvgIpc) is 2.53. The van der Waals surface area contributed by atoms with Crippen LogP contribution in [0.4, 0.5) is 0 Å². The first-order valence-corrected chi connectivity index (χ1v) is 8.17. The Morgan fingerprint density at radius 1 is 0.696 bits per heavy atom. The van der Waals surface area contributed by atoms with Crippen molar-refractivity contribution < 1.29 is 9.90 Å². The fourth-order valence-corrected chi connectivity index (χ4v) is 1.64. The number of aliphatic carboxylic acids is 1. The van der Waals surface area contributed by atoms with Gasteiger partial charge < -0.3 is 5.11 Å². The van der Waals surface area contributed by atoms with Crippen LogP contribution in [0.2, 0.25) is 0 Å². The highest BCUT2D eigenvalue weighted by Crippen LogP contribution is 2.02. The van der Waals surface area contributed by atoms with Crippen LogP contribution < -0.4 is 0 Å². The molecule has 0 atom stereocenters. The van der Waals surface area contributed by atoms with Gasteiger partial charge in [0.25, 0.3) is 0 Å². The maximum atomic E-state index is 10.2. The number of carboxylic acids is 1. The van der Waals surface area contributed by atoms with Crippen molar-refractivity contribution in [3.8, 4) is 0 Å². The lowest BCUT2D eigenvalue weighted by Crippen LogP contribution is -1.84. The van der Waals surface area contributed by atoms with E-state index in [4.69, 9.17) is 5.11 Å². The second kappa shape index (κ2) is 17.7. The maximum absolute atomic E-state index is 10.2. The third-order valence-corrected chi connectivity index (χ3v) is 2.82. The van der Waals surface area contributed by atoms with E-state index >= 15 is 0 Å². The molecule has 0 fully saturated rings. The van der Waals surface area contributed by atoms with E-state index in [0.717, 1.165) is 12.5 Å². The lowest BCUT2D eigenvalue weighted by Gasteiger charge is -1.92. The summed E-state index contributed by atoms with van der Waals surface area (Å²) in [7, 11) is 0. The van der Waals surface area contributed by atoms with E-state index in [1.807, 2.05) is 48.6 Å². The topological polar surface area (TPSA) is 37.3 Å². The van der Waals surface area contributed by atoms with Crippen molar-refractivity contribution in [2.75, 3.05) is 0 Å². The van der Waals surface area contributed by atoms with Crippen molar-refractivity contribution in [3.05, 3.63) is 85.1 Å². The molecule has 0 radical (unpaired) electrons. The van der Waals surface area contributed by atoms with Gasteiger partial charge in [-0.2, -0.15) is 0 Å². The second-order valence-electron chi connectivity index (χ2n) is 4.90. The summed E-state index contributed by atoms with van der Waals surface area (Å²) in [6.07, 6.45) is 32.3. The van der Waals surface area contributed by atoms with Crippen molar-refractivity contribution in [3.63, 3.8) is 0 Å². The van der Waals surface area contributed by atoms with Crippen molar-refractivity contribution in [1.82, 2.24) is 0 Å². The van der Waals surface area contributed by atoms with Crippen LogP contribution in [-0.4, -0.2) is 11.1 Å². The van der Waals surface area contributed by atoms with Crippen molar-refractivity contribution >= 4 is 5.97 Å². The van der Waals surface area contributed by atoms with Gasteiger partial charge in [-0.25, -0.2) is 4.79 Å². The third kappa shape index (κ3) is 19.6. The fourth-order valence-electron chi connectivity index (χ4n) is 1.64. The molecule has 0 amide bonds. The molecule has 0 bridgehead atoms. The monoisotopic (exact) mass is 312 g/mol. The van der Waals surface area contributed by atoms with E-state index in [-0.39, 0.29) is 0 Å². The Hall–Kier alpha value is -2.35. The molecule has 0 aromatic heterocycles. The Labute approximate surface area is 140 Å². The SMILES string of the molecule is CCCCCC/C=C/C=C/C=C/C=C/C=C/C=C/C=C/C(=O)O. The number of hydrogen-bond donors (Lipinski definition) is 1. The van der Waals surface area contributed by atoms with Crippen LogP contribution in [0.25, 0.3) is 0 Å². The van der Waals surface area contributed by atoms with Gasteiger partial charge in [0.2, 0.25) is 0 Å². The van der Waals surface area contributed by atoms with Crippen LogP contribution in [-0.2, 0) is 4.79 Å². The van der Waals surface area contributed by atoms with Crippen LogP contribution in [0.5, 0.6) is 0 Å². The Morgan fingerprint density at radius 2 is 1.17 bits per heavy atom. The molecule has 2 heteroatoms. The molecular weight excluding hydrogens is 284 g/mol. The van der Waals surface area contributed by atoms with Crippen molar-refractivity contribution in [2.24, 2.45) is 0 Å². The molecule has 124 valence electrons. The molecule has 0 aliphatic heterocycles. The van der Waals surface area contributed by atoms with Crippen molar-refractivity contribution in [1.29, 1.82) is 0 Å². The van der Waals surface area contributed by atoms with Crippen LogP contribution in [0.15, 0.2) is 85.1 Å². The molecule has 0 aliphatic rings. The Balaban J connectivity index is 3.74. The van der Waals surface area contributed by atoms with Gasteiger partial charge in [0.05, 0.1) is 0 Å². The second-order valence-corrected chi connectivity index (χ2v) is 4.90. The van der Waals surface area contributed by atoms with Crippen molar-refractivity contribution in [2.45, 2.75) is 39.0 Å². The molecule has 0 spiro atoms. The van der Waals surface area contributed by atoms with E-state index in [1.54, 1.807) is 12.2 Å². The number of unbranched alkanes of at least 4 members (excludes halogenated alkanes) is 4. The molecule has 1 N–H and O–H groups in total. The molecule has 0 aromatic rings. The van der Waals surface area contributed by atoms with Crippen LogP contribution in [0.1, 0.15) is 39.0 Å². The molecule has 0 saturated heterocycles. The van der Waals surface area contributed by atoms with Gasteiger partial charge in [0.1, 0.15) is 0 Å². The summed E-state index contributed by atoms with van der Waals surface area (Å²) >= 11 is 0. The van der Waals surface area contributed by atoms with Gasteiger partial charge in [-0.1, -0.05) is 105 Å². The van der Waals surface area contributed by atoms with E-state index < -0.39 is 5.97 Å². The quantitative estimate of drug-likeness (QED) is 0.275. The number of carbonyl (C=O) groups is 1. The molecule has 0 unspecified atom stereocenters. The van der Waals surface area contributed by atoms with E-state index in [1.165, 1.54) is 31.8 Å². The zero-order valence-corrected chi connectivity index (χ0v) is 14.0. The summed E-state index contributed by atoms with van der Waals surface area (Å²) in [6, 6.07) is 0. The fraction of sp³-hybridized carbons (Fsp3) is 0.286. The highest BCUT2D eigenvalue weighted by Gasteiger charge is 1.82. The Morgan fingerprint density at radius 3 is 1.65 bits per heavy atom. The number of carboxylic acid groups (broad SMARTS) is 1. The first-order valence-electron chi connectivity index (χ1n) is 8.17. The highest BCUT2D eigenvalue weighted by molar-refractivity contribution is 5.80. The van der Waals surface area contributed by atoms with Crippen LogP contribution in [0.3, 0.4) is 0 Å². The summed E-state index contributed by atoms with van der Waals surface area (Å²) in [4.78, 5) is 10.2. The molecule has 23 heavy (non-hydrogen) atoms. The lowest BCUT2D eigenvalue weighted by atomic mass is 10.1. The molecule has 0 rings (SSSR count). The molecule has 2 nitrogen and oxygen atoms in total. The average molecular weight is 312 g/mol. The number of hydrogen-bond acceptors (Lipinski definition) is 1. The number of rotatable bonds is 12. The number of allylic oxidation sites excluding steroid dienone is 13. The largest absolute Gasteiger partial charge is 0.478 e. The molecule has 0 heterocycles. The normalized spacial score (nSPS) is 13.4. The summed E-state index contributed by atoms with van der Waals surface area (Å²) in [5.41, 5.74) is 0. The summed E-state index contributed by atoms with van der Waals surface area (Å²) in [6.45, 7) is 2.23. The minimum atomic E-state index is -0.942. The summed E-state index contributed by atoms with van der Waals surface area (Å²) in [5, 5.41) is 8.38. The predicted molar refractivity (Wildman–Crippen MR) is 100 cm³/mol. The van der Waals surface area contributed by atoms with Crippen LogP contribution >= 0.6 is 0 Å². The molecule has 0 aromatic carbocycles. The predicted octanol–water partition coefficient (Wildman–Crippen LogP) is 5.93. The summed E-state index contributed by atoms with van der Waals surface area (Å²) < 4.78 is 0. The van der Waals surface area contributed by atoms with E-state index in [0.29, 0.717) is 0 Å². The smallest absolute Gasteiger partial charge is 0.328 e. The first-order chi connectivity index (χ1) is 11.3. The lowest BCUT2D eigenvalue weighted by molar-refractivity contribution is -0.131. The summed E-state index contributed by atoms with van der Waals surface area (Å²) in [5.74, 6) is -0.942. The molecule has 0 saturated carbocycles. The Kier molecular flexibility index (Phi) is 15.9. The van der Waals surface area contributed by atoms with Crippen LogP contribution in [0, 0.1) is 0 Å². The van der Waals surface area contributed by atoms with Gasteiger partial charge in [-0.05, 0) is 12.8 Å². The third-order valence-electron chi connectivity index (χ3n) is 2.82. The van der Waals surface area contributed by atoms with E-state index in [9.17, 15) is 4.79 Å². The van der Waals surface area contributed by atoms with Gasteiger partial charge in [0.15, 0.2) is 0 Å². The van der Waals surface area contributed by atoms with Gasteiger partial charge >= 0.3 is 5.97 Å². The minimum Gasteiger partial charge on any atom is -0.478 e. The standard InChI is InChI=1S/C21H28O2/c1-2-3-4-5-6-7-8-9-10-11-12-13-14-15-16-17-18-19-20-21(22)23/h7-20H,2-6H2,1H3,(H,22,23)/b8-7+,10-9+,12-11+,14-13+,16-15+,18-17+,20-19+. The van der Waals surface area contributed by atoms with Gasteiger partial charge in [0, 0.05) is 6.08 Å². The molecular formula is C21H28O2.